The molecule has 0 radical (unpaired) electrons. The van der Waals surface area contributed by atoms with Gasteiger partial charge in [-0.2, -0.15) is 0 Å². The maximum atomic E-state index is 12.2. The zero-order valence-corrected chi connectivity index (χ0v) is 11.7. The van der Waals surface area contributed by atoms with Gasteiger partial charge in [0.25, 0.3) is 0 Å². The summed E-state index contributed by atoms with van der Waals surface area (Å²) < 4.78 is 0. The normalized spacial score (nSPS) is 23.9. The van der Waals surface area contributed by atoms with Crippen LogP contribution in [-0.4, -0.2) is 34.6 Å². The molecule has 2 aliphatic rings. The molecule has 0 spiro atoms. The summed E-state index contributed by atoms with van der Waals surface area (Å²) in [6.45, 7) is 3.59. The van der Waals surface area contributed by atoms with Gasteiger partial charge in [-0.15, -0.1) is 0 Å². The second-order valence-electron chi connectivity index (χ2n) is 5.98. The predicted molar refractivity (Wildman–Crippen MR) is 71.4 cm³/mol. The van der Waals surface area contributed by atoms with Gasteiger partial charge in [-0.3, -0.25) is 9.59 Å². The van der Waals surface area contributed by atoms with Crippen molar-refractivity contribution < 1.29 is 14.7 Å². The van der Waals surface area contributed by atoms with Gasteiger partial charge in [0, 0.05) is 11.5 Å². The molecular weight excluding hydrogens is 244 g/mol. The van der Waals surface area contributed by atoms with Crippen molar-refractivity contribution in [2.24, 2.45) is 5.92 Å². The molecule has 2 aliphatic carbocycles. The molecule has 0 aliphatic heterocycles. The molecular formula is C14H24N2O3. The number of nitrogens with one attached hydrogen (secondary N) is 2. The molecule has 2 fully saturated rings. The Morgan fingerprint density at radius 1 is 1.37 bits per heavy atom. The molecule has 5 heteroatoms. The molecule has 0 aromatic rings. The molecule has 2 unspecified atom stereocenters. The summed E-state index contributed by atoms with van der Waals surface area (Å²) in [4.78, 5) is 24.0. The zero-order valence-electron chi connectivity index (χ0n) is 11.7. The first-order chi connectivity index (χ1) is 8.97. The van der Waals surface area contributed by atoms with E-state index in [4.69, 9.17) is 0 Å². The van der Waals surface area contributed by atoms with Crippen molar-refractivity contribution in [3.63, 3.8) is 0 Å². The van der Waals surface area contributed by atoms with E-state index in [2.05, 4.69) is 17.6 Å². The highest BCUT2D eigenvalue weighted by Crippen LogP contribution is 2.34. The summed E-state index contributed by atoms with van der Waals surface area (Å²) in [5.74, 6) is -0.330. The SMILES string of the molecule is CCC1(NC(=O)C(NC(=O)C2CC2)C(C)O)CCC1. The zero-order chi connectivity index (χ0) is 14.0. The van der Waals surface area contributed by atoms with E-state index in [9.17, 15) is 14.7 Å². The van der Waals surface area contributed by atoms with Crippen molar-refractivity contribution in [2.75, 3.05) is 0 Å². The minimum Gasteiger partial charge on any atom is -0.391 e. The minimum atomic E-state index is -0.878. The van der Waals surface area contributed by atoms with Gasteiger partial charge in [0.15, 0.2) is 0 Å². The Labute approximate surface area is 114 Å². The number of rotatable bonds is 6. The highest BCUT2D eigenvalue weighted by Gasteiger charge is 2.40. The molecule has 2 saturated carbocycles. The fourth-order valence-corrected chi connectivity index (χ4v) is 2.53. The van der Waals surface area contributed by atoms with Crippen molar-refractivity contribution >= 4 is 11.8 Å². The van der Waals surface area contributed by atoms with Crippen LogP contribution < -0.4 is 10.6 Å². The Balaban J connectivity index is 1.93. The van der Waals surface area contributed by atoms with Crippen LogP contribution in [0.15, 0.2) is 0 Å². The molecule has 2 atom stereocenters. The maximum absolute atomic E-state index is 12.2. The third kappa shape index (κ3) is 3.26. The summed E-state index contributed by atoms with van der Waals surface area (Å²) >= 11 is 0. The van der Waals surface area contributed by atoms with E-state index in [1.54, 1.807) is 0 Å². The smallest absolute Gasteiger partial charge is 0.245 e. The van der Waals surface area contributed by atoms with Gasteiger partial charge in [0.1, 0.15) is 6.04 Å². The first kappa shape index (κ1) is 14.3. The van der Waals surface area contributed by atoms with E-state index in [1.807, 2.05) is 0 Å². The fourth-order valence-electron chi connectivity index (χ4n) is 2.53. The number of carbonyl (C=O) groups is 2. The minimum absolute atomic E-state index is 0.0397. The summed E-state index contributed by atoms with van der Waals surface area (Å²) in [6, 6.07) is -0.836. The molecule has 108 valence electrons. The van der Waals surface area contributed by atoms with Crippen molar-refractivity contribution in [3.05, 3.63) is 0 Å². The van der Waals surface area contributed by atoms with Crippen LogP contribution in [0.25, 0.3) is 0 Å². The standard InChI is InChI=1S/C14H24N2O3/c1-3-14(7-4-8-14)16-13(19)11(9(2)17)15-12(18)10-5-6-10/h9-11,17H,3-8H2,1-2H3,(H,15,18)(H,16,19). The van der Waals surface area contributed by atoms with Gasteiger partial charge in [0.05, 0.1) is 6.10 Å². The molecule has 2 amide bonds. The molecule has 0 aromatic carbocycles. The van der Waals surface area contributed by atoms with Gasteiger partial charge in [-0.1, -0.05) is 6.92 Å². The monoisotopic (exact) mass is 268 g/mol. The fraction of sp³-hybridized carbons (Fsp3) is 0.857. The lowest BCUT2D eigenvalue weighted by atomic mass is 9.74. The second kappa shape index (κ2) is 5.49. The Hall–Kier alpha value is -1.10. The Morgan fingerprint density at radius 3 is 2.37 bits per heavy atom. The number of amides is 2. The Kier molecular flexibility index (Phi) is 4.13. The molecule has 3 N–H and O–H groups in total. The van der Waals surface area contributed by atoms with E-state index in [0.717, 1.165) is 38.5 Å². The highest BCUT2D eigenvalue weighted by molar-refractivity contribution is 5.90. The van der Waals surface area contributed by atoms with E-state index in [1.165, 1.54) is 6.92 Å². The summed E-state index contributed by atoms with van der Waals surface area (Å²) in [5, 5.41) is 15.4. The van der Waals surface area contributed by atoms with Crippen molar-refractivity contribution in [1.29, 1.82) is 0 Å². The maximum Gasteiger partial charge on any atom is 0.245 e. The van der Waals surface area contributed by atoms with Crippen LogP contribution in [0.1, 0.15) is 52.4 Å². The van der Waals surface area contributed by atoms with Gasteiger partial charge in [0.2, 0.25) is 11.8 Å². The number of hydrogen-bond donors (Lipinski definition) is 3. The van der Waals surface area contributed by atoms with Gasteiger partial charge in [-0.05, 0) is 45.4 Å². The first-order valence-electron chi connectivity index (χ1n) is 7.28. The predicted octanol–water partition coefficient (Wildman–Crippen LogP) is 0.711. The lowest BCUT2D eigenvalue weighted by molar-refractivity contribution is -0.134. The molecule has 0 aromatic heterocycles. The molecule has 2 rings (SSSR count). The summed E-state index contributed by atoms with van der Waals surface area (Å²) in [7, 11) is 0. The Morgan fingerprint density at radius 2 is 2.00 bits per heavy atom. The van der Waals surface area contributed by atoms with Crippen molar-refractivity contribution in [2.45, 2.75) is 70.1 Å². The number of hydrogen-bond acceptors (Lipinski definition) is 3. The number of aliphatic hydroxyl groups excluding tert-OH is 1. The molecule has 0 bridgehead atoms. The first-order valence-corrected chi connectivity index (χ1v) is 7.28. The lowest BCUT2D eigenvalue weighted by Gasteiger charge is -2.43. The van der Waals surface area contributed by atoms with Gasteiger partial charge in [-0.25, -0.2) is 0 Å². The topological polar surface area (TPSA) is 78.4 Å². The number of carbonyl (C=O) groups excluding carboxylic acids is 2. The quantitative estimate of drug-likeness (QED) is 0.664. The number of aliphatic hydroxyl groups is 1. The molecule has 19 heavy (non-hydrogen) atoms. The Bertz CT molecular complexity index is 354. The van der Waals surface area contributed by atoms with E-state index in [0.29, 0.717) is 0 Å². The van der Waals surface area contributed by atoms with Crippen LogP contribution >= 0.6 is 0 Å². The van der Waals surface area contributed by atoms with Gasteiger partial charge < -0.3 is 15.7 Å². The molecule has 5 nitrogen and oxygen atoms in total. The third-order valence-corrected chi connectivity index (χ3v) is 4.39. The van der Waals surface area contributed by atoms with E-state index in [-0.39, 0.29) is 23.3 Å². The van der Waals surface area contributed by atoms with E-state index < -0.39 is 12.1 Å². The van der Waals surface area contributed by atoms with Crippen LogP contribution in [0.4, 0.5) is 0 Å². The van der Waals surface area contributed by atoms with E-state index >= 15 is 0 Å². The van der Waals surface area contributed by atoms with Crippen molar-refractivity contribution in [3.8, 4) is 0 Å². The second-order valence-corrected chi connectivity index (χ2v) is 5.98. The highest BCUT2D eigenvalue weighted by atomic mass is 16.3. The average molecular weight is 268 g/mol. The van der Waals surface area contributed by atoms with Gasteiger partial charge >= 0.3 is 0 Å². The van der Waals surface area contributed by atoms with Crippen molar-refractivity contribution in [1.82, 2.24) is 10.6 Å². The van der Waals surface area contributed by atoms with Crippen LogP contribution in [0, 0.1) is 5.92 Å². The van der Waals surface area contributed by atoms with Crippen LogP contribution in [-0.2, 0) is 9.59 Å². The molecule has 0 heterocycles. The third-order valence-electron chi connectivity index (χ3n) is 4.39. The average Bonchev–Trinajstić information content (AvgIpc) is 3.13. The van der Waals surface area contributed by atoms with Crippen LogP contribution in [0.5, 0.6) is 0 Å². The summed E-state index contributed by atoms with van der Waals surface area (Å²) in [5.41, 5.74) is -0.117. The largest absolute Gasteiger partial charge is 0.391 e. The summed E-state index contributed by atoms with van der Waals surface area (Å²) in [6.07, 6.45) is 4.88. The molecule has 0 saturated heterocycles. The lowest BCUT2D eigenvalue weighted by Crippen LogP contribution is -2.60. The van der Waals surface area contributed by atoms with Crippen LogP contribution in [0.3, 0.4) is 0 Å². The van der Waals surface area contributed by atoms with Crippen LogP contribution in [0.2, 0.25) is 0 Å².